The molecule has 0 aliphatic carbocycles. The number of rotatable bonds is 9. The molecular weight excluding hydrogens is 312 g/mol. The van der Waals surface area contributed by atoms with Gasteiger partial charge in [0.15, 0.2) is 15.6 Å². The molecule has 0 aliphatic rings. The summed E-state index contributed by atoms with van der Waals surface area (Å²) in [7, 11) is -3.49. The first-order chi connectivity index (χ1) is 9.82. The molecule has 8 heteroatoms. The lowest BCUT2D eigenvalue weighted by atomic mass is 10.2. The average Bonchev–Trinajstić information content (AvgIpc) is 2.74. The zero-order valence-corrected chi connectivity index (χ0v) is 14.2. The van der Waals surface area contributed by atoms with E-state index >= 15 is 0 Å². The van der Waals surface area contributed by atoms with Crippen molar-refractivity contribution in [3.63, 3.8) is 0 Å². The standard InChI is InChI=1S/C13H22N2O4S2/c1-4-9(16)11-10(14)12(21(3,17)18)13(20-11)15-7-6-8-19-5-2/h15H,4-8,14H2,1-3H3. The Balaban J connectivity index is 2.99. The lowest BCUT2D eigenvalue weighted by Gasteiger charge is -2.06. The van der Waals surface area contributed by atoms with Crippen molar-refractivity contribution in [2.45, 2.75) is 31.6 Å². The summed E-state index contributed by atoms with van der Waals surface area (Å²) >= 11 is 1.10. The minimum atomic E-state index is -3.49. The van der Waals surface area contributed by atoms with Crippen LogP contribution in [0, 0.1) is 0 Å². The molecule has 21 heavy (non-hydrogen) atoms. The van der Waals surface area contributed by atoms with E-state index in [9.17, 15) is 13.2 Å². The van der Waals surface area contributed by atoms with Crippen LogP contribution < -0.4 is 11.1 Å². The lowest BCUT2D eigenvalue weighted by Crippen LogP contribution is -2.09. The summed E-state index contributed by atoms with van der Waals surface area (Å²) in [6.45, 7) is 5.44. The van der Waals surface area contributed by atoms with Crippen LogP contribution in [0.15, 0.2) is 4.90 Å². The normalized spacial score (nSPS) is 11.6. The van der Waals surface area contributed by atoms with Crippen LogP contribution in [0.5, 0.6) is 0 Å². The second kappa shape index (κ2) is 7.77. The fourth-order valence-corrected chi connectivity index (χ4v) is 4.41. The minimum absolute atomic E-state index is 0.0284. The number of ether oxygens (including phenoxy) is 1. The van der Waals surface area contributed by atoms with E-state index in [0.29, 0.717) is 29.6 Å². The Bertz CT molecular complexity index is 594. The third kappa shape index (κ3) is 4.69. The number of sulfone groups is 1. The highest BCUT2D eigenvalue weighted by Crippen LogP contribution is 2.39. The number of carbonyl (C=O) groups is 1. The summed E-state index contributed by atoms with van der Waals surface area (Å²) in [5, 5.41) is 3.48. The third-order valence-electron chi connectivity index (χ3n) is 2.80. The molecule has 0 fully saturated rings. The Hall–Kier alpha value is -1.12. The molecule has 0 bridgehead atoms. The second-order valence-electron chi connectivity index (χ2n) is 4.53. The average molecular weight is 334 g/mol. The minimum Gasteiger partial charge on any atom is -0.396 e. The fourth-order valence-electron chi connectivity index (χ4n) is 1.80. The summed E-state index contributed by atoms with van der Waals surface area (Å²) in [5.41, 5.74) is 5.92. The SMILES string of the molecule is CCOCCCNc1sc(C(=O)CC)c(N)c1S(C)(=O)=O. The first-order valence-corrected chi connectivity index (χ1v) is 9.50. The highest BCUT2D eigenvalue weighted by Gasteiger charge is 2.26. The number of Topliss-reactive ketones (excluding diaryl/α,β-unsaturated/α-hetero) is 1. The number of nitrogens with two attached hydrogens (primary N) is 1. The van der Waals surface area contributed by atoms with E-state index in [2.05, 4.69) is 5.32 Å². The van der Waals surface area contributed by atoms with Gasteiger partial charge in [-0.1, -0.05) is 6.92 Å². The number of ketones is 1. The lowest BCUT2D eigenvalue weighted by molar-refractivity contribution is 0.0992. The predicted octanol–water partition coefficient (Wildman–Crippen LogP) is 2.17. The molecule has 0 saturated carbocycles. The van der Waals surface area contributed by atoms with Crippen molar-refractivity contribution >= 4 is 37.6 Å². The molecule has 6 nitrogen and oxygen atoms in total. The Labute approximate surface area is 129 Å². The van der Waals surface area contributed by atoms with Crippen LogP contribution >= 0.6 is 11.3 Å². The Morgan fingerprint density at radius 3 is 2.57 bits per heavy atom. The van der Waals surface area contributed by atoms with Crippen molar-refractivity contribution in [2.24, 2.45) is 0 Å². The first-order valence-electron chi connectivity index (χ1n) is 6.80. The fraction of sp³-hybridized carbons (Fsp3) is 0.615. The molecule has 120 valence electrons. The molecule has 3 N–H and O–H groups in total. The summed E-state index contributed by atoms with van der Waals surface area (Å²) in [5.74, 6) is -0.148. The van der Waals surface area contributed by atoms with Crippen molar-refractivity contribution in [2.75, 3.05) is 37.1 Å². The molecule has 0 unspecified atom stereocenters. The largest absolute Gasteiger partial charge is 0.396 e. The van der Waals surface area contributed by atoms with Gasteiger partial charge in [0.25, 0.3) is 0 Å². The number of thiophene rings is 1. The number of hydrogen-bond donors (Lipinski definition) is 2. The van der Waals surface area contributed by atoms with Crippen LogP contribution in [0.25, 0.3) is 0 Å². The molecule has 0 amide bonds. The van der Waals surface area contributed by atoms with Gasteiger partial charge in [0.1, 0.15) is 9.90 Å². The van der Waals surface area contributed by atoms with Crippen LogP contribution in [0.3, 0.4) is 0 Å². The van der Waals surface area contributed by atoms with E-state index < -0.39 is 9.84 Å². The molecule has 1 rings (SSSR count). The summed E-state index contributed by atoms with van der Waals surface area (Å²) in [4.78, 5) is 12.2. The molecule has 1 aromatic heterocycles. The van der Waals surface area contributed by atoms with Crippen molar-refractivity contribution in [1.82, 2.24) is 0 Å². The van der Waals surface area contributed by atoms with E-state index in [1.807, 2.05) is 6.92 Å². The van der Waals surface area contributed by atoms with E-state index in [4.69, 9.17) is 10.5 Å². The van der Waals surface area contributed by atoms with E-state index in [-0.39, 0.29) is 22.8 Å². The van der Waals surface area contributed by atoms with Crippen molar-refractivity contribution in [3.8, 4) is 0 Å². The van der Waals surface area contributed by atoms with Crippen LogP contribution in [-0.2, 0) is 14.6 Å². The molecule has 1 aromatic rings. The number of hydrogen-bond acceptors (Lipinski definition) is 7. The Kier molecular flexibility index (Phi) is 6.63. The van der Waals surface area contributed by atoms with Gasteiger partial charge < -0.3 is 15.8 Å². The van der Waals surface area contributed by atoms with E-state index in [1.165, 1.54) is 0 Å². The number of nitrogen functional groups attached to an aromatic ring is 1. The maximum Gasteiger partial charge on any atom is 0.180 e. The smallest absolute Gasteiger partial charge is 0.180 e. The number of carbonyl (C=O) groups excluding carboxylic acids is 1. The van der Waals surface area contributed by atoms with Crippen molar-refractivity contribution < 1.29 is 17.9 Å². The zero-order valence-electron chi connectivity index (χ0n) is 12.6. The van der Waals surface area contributed by atoms with Crippen molar-refractivity contribution in [1.29, 1.82) is 0 Å². The van der Waals surface area contributed by atoms with Gasteiger partial charge in [-0.2, -0.15) is 0 Å². The summed E-state index contributed by atoms with van der Waals surface area (Å²) in [6, 6.07) is 0. The maximum atomic E-state index is 11.9. The predicted molar refractivity (Wildman–Crippen MR) is 86.1 cm³/mol. The summed E-state index contributed by atoms with van der Waals surface area (Å²) in [6.07, 6.45) is 2.13. The van der Waals surface area contributed by atoms with Gasteiger partial charge in [0, 0.05) is 32.4 Å². The van der Waals surface area contributed by atoms with Gasteiger partial charge in [0.05, 0.1) is 10.6 Å². The maximum absolute atomic E-state index is 11.9. The van der Waals surface area contributed by atoms with Gasteiger partial charge in [-0.25, -0.2) is 8.42 Å². The van der Waals surface area contributed by atoms with Crippen LogP contribution in [0.2, 0.25) is 0 Å². The molecule has 0 saturated heterocycles. The van der Waals surface area contributed by atoms with E-state index in [0.717, 1.165) is 24.0 Å². The van der Waals surface area contributed by atoms with Crippen LogP contribution in [0.4, 0.5) is 10.7 Å². The van der Waals surface area contributed by atoms with E-state index in [1.54, 1.807) is 6.92 Å². The van der Waals surface area contributed by atoms with Gasteiger partial charge in [-0.15, -0.1) is 11.3 Å². The quantitative estimate of drug-likeness (QED) is 0.530. The Morgan fingerprint density at radius 2 is 2.05 bits per heavy atom. The third-order valence-corrected chi connectivity index (χ3v) is 5.30. The van der Waals surface area contributed by atoms with Crippen LogP contribution in [0.1, 0.15) is 36.4 Å². The number of anilines is 2. The van der Waals surface area contributed by atoms with Crippen LogP contribution in [-0.4, -0.2) is 40.2 Å². The van der Waals surface area contributed by atoms with Crippen molar-refractivity contribution in [3.05, 3.63) is 4.88 Å². The van der Waals surface area contributed by atoms with Gasteiger partial charge >= 0.3 is 0 Å². The molecule has 0 atom stereocenters. The van der Waals surface area contributed by atoms with Gasteiger partial charge in [0.2, 0.25) is 0 Å². The monoisotopic (exact) mass is 334 g/mol. The first kappa shape index (κ1) is 17.9. The zero-order chi connectivity index (χ0) is 16.0. The highest BCUT2D eigenvalue weighted by molar-refractivity contribution is 7.91. The highest BCUT2D eigenvalue weighted by atomic mass is 32.2. The van der Waals surface area contributed by atoms with Gasteiger partial charge in [-0.3, -0.25) is 4.79 Å². The number of nitrogens with one attached hydrogen (secondary N) is 1. The molecule has 0 spiro atoms. The Morgan fingerprint density at radius 1 is 1.38 bits per heavy atom. The topological polar surface area (TPSA) is 98.5 Å². The molecule has 0 aromatic carbocycles. The summed E-state index contributed by atoms with van der Waals surface area (Å²) < 4.78 is 29.0. The second-order valence-corrected chi connectivity index (χ2v) is 7.50. The van der Waals surface area contributed by atoms with Gasteiger partial charge in [-0.05, 0) is 13.3 Å². The molecule has 1 heterocycles. The molecule has 0 aliphatic heterocycles. The molecular formula is C13H22N2O4S2. The molecule has 0 radical (unpaired) electrons.